The first-order valence-electron chi connectivity index (χ1n) is 5.10. The molecule has 5 heteroatoms. The third-order valence-electron chi connectivity index (χ3n) is 2.59. The van der Waals surface area contributed by atoms with Crippen molar-refractivity contribution in [1.29, 1.82) is 0 Å². The van der Waals surface area contributed by atoms with Gasteiger partial charge >= 0.3 is 0 Å². The molecule has 2 heterocycles. The van der Waals surface area contributed by atoms with E-state index >= 15 is 0 Å². The van der Waals surface area contributed by atoms with Gasteiger partial charge in [-0.1, -0.05) is 0 Å². The van der Waals surface area contributed by atoms with Crippen molar-refractivity contribution in [3.05, 3.63) is 42.0 Å². The number of carbonyl (C=O) groups excluding carboxylic acids is 1. The predicted molar refractivity (Wildman–Crippen MR) is 63.2 cm³/mol. The maximum absolute atomic E-state index is 11.8. The van der Waals surface area contributed by atoms with Crippen LogP contribution in [0.15, 0.2) is 30.6 Å². The lowest BCUT2D eigenvalue weighted by atomic mass is 10.1. The molecule has 0 saturated heterocycles. The van der Waals surface area contributed by atoms with Gasteiger partial charge in [-0.05, 0) is 24.3 Å². The molecule has 0 atom stereocenters. The van der Waals surface area contributed by atoms with Gasteiger partial charge in [0.05, 0.1) is 5.57 Å². The molecule has 1 aromatic heterocycles. The van der Waals surface area contributed by atoms with Gasteiger partial charge in [0.1, 0.15) is 11.6 Å². The Balaban J connectivity index is 2.13. The number of nitrogens with zero attached hydrogens (tertiary/aromatic N) is 1. The molecule has 0 spiro atoms. The molecule has 1 amide bonds. The first-order chi connectivity index (χ1) is 8.24. The number of aromatic nitrogens is 2. The second-order valence-electron chi connectivity index (χ2n) is 3.72. The summed E-state index contributed by atoms with van der Waals surface area (Å²) >= 11 is 0. The Labute approximate surface area is 96.8 Å². The minimum absolute atomic E-state index is 0.130. The van der Waals surface area contributed by atoms with Crippen LogP contribution in [0.5, 0.6) is 5.75 Å². The van der Waals surface area contributed by atoms with Gasteiger partial charge in [-0.25, -0.2) is 4.98 Å². The molecule has 0 radical (unpaired) electrons. The van der Waals surface area contributed by atoms with Gasteiger partial charge in [0, 0.05) is 23.6 Å². The molecule has 84 valence electrons. The molecule has 1 aromatic carbocycles. The van der Waals surface area contributed by atoms with Gasteiger partial charge in [0.25, 0.3) is 5.91 Å². The van der Waals surface area contributed by atoms with Crippen LogP contribution in [-0.2, 0) is 4.79 Å². The van der Waals surface area contributed by atoms with Gasteiger partial charge in [-0.2, -0.15) is 0 Å². The zero-order valence-corrected chi connectivity index (χ0v) is 8.77. The fraction of sp³-hybridized carbons (Fsp3) is 0. The summed E-state index contributed by atoms with van der Waals surface area (Å²) in [7, 11) is 0. The summed E-state index contributed by atoms with van der Waals surface area (Å²) in [5.41, 5.74) is 1.88. The zero-order chi connectivity index (χ0) is 11.8. The van der Waals surface area contributed by atoms with E-state index in [1.54, 1.807) is 30.6 Å². The molecule has 0 bridgehead atoms. The molecule has 0 unspecified atom stereocenters. The van der Waals surface area contributed by atoms with Gasteiger partial charge < -0.3 is 15.4 Å². The number of benzene rings is 1. The van der Waals surface area contributed by atoms with Gasteiger partial charge in [-0.15, -0.1) is 0 Å². The number of H-pyrrole nitrogens is 1. The number of nitrogens with one attached hydrogen (secondary N) is 2. The van der Waals surface area contributed by atoms with Crippen LogP contribution in [0.25, 0.3) is 11.6 Å². The number of hydrogen-bond acceptors (Lipinski definition) is 3. The summed E-state index contributed by atoms with van der Waals surface area (Å²) in [6, 6.07) is 4.77. The highest BCUT2D eigenvalue weighted by Crippen LogP contribution is 2.34. The summed E-state index contributed by atoms with van der Waals surface area (Å²) in [5.74, 6) is 0.541. The molecule has 1 aliphatic heterocycles. The van der Waals surface area contributed by atoms with Crippen LogP contribution < -0.4 is 5.32 Å². The highest BCUT2D eigenvalue weighted by Gasteiger charge is 2.24. The number of aromatic amines is 1. The second kappa shape index (κ2) is 3.48. The number of rotatable bonds is 1. The van der Waals surface area contributed by atoms with Crippen LogP contribution in [0.3, 0.4) is 0 Å². The Morgan fingerprint density at radius 2 is 2.24 bits per heavy atom. The summed E-state index contributed by atoms with van der Waals surface area (Å²) in [6.45, 7) is 0. The summed E-state index contributed by atoms with van der Waals surface area (Å²) < 4.78 is 0. The molecular weight excluding hydrogens is 218 g/mol. The number of phenols is 1. The second-order valence-corrected chi connectivity index (χ2v) is 3.72. The van der Waals surface area contributed by atoms with Gasteiger partial charge in [-0.3, -0.25) is 4.79 Å². The first kappa shape index (κ1) is 9.65. The fourth-order valence-corrected chi connectivity index (χ4v) is 1.81. The third kappa shape index (κ3) is 1.57. The fourth-order valence-electron chi connectivity index (χ4n) is 1.81. The van der Waals surface area contributed by atoms with Crippen LogP contribution in [0.1, 0.15) is 11.4 Å². The van der Waals surface area contributed by atoms with E-state index in [1.165, 1.54) is 6.07 Å². The standard InChI is InChI=1S/C12H9N3O2/c16-7-1-2-10-8(5-7)9(12(17)15-10)6-11-13-3-4-14-11/h1-6,16H,(H,13,14)(H,15,17). The van der Waals surface area contributed by atoms with E-state index in [1.807, 2.05) is 0 Å². The topological polar surface area (TPSA) is 78.0 Å². The lowest BCUT2D eigenvalue weighted by Crippen LogP contribution is -2.03. The van der Waals surface area contributed by atoms with Crippen molar-refractivity contribution in [2.75, 3.05) is 5.32 Å². The van der Waals surface area contributed by atoms with Crippen molar-refractivity contribution < 1.29 is 9.90 Å². The number of aromatic hydroxyl groups is 1. The molecular formula is C12H9N3O2. The molecule has 5 nitrogen and oxygen atoms in total. The van der Waals surface area contributed by atoms with Crippen molar-refractivity contribution in [3.8, 4) is 5.75 Å². The molecule has 0 saturated carbocycles. The van der Waals surface area contributed by atoms with Crippen LogP contribution >= 0.6 is 0 Å². The Kier molecular flexibility index (Phi) is 1.98. The smallest absolute Gasteiger partial charge is 0.256 e. The SMILES string of the molecule is O=C1Nc2ccc(O)cc2C1=Cc1ncc[nH]1. The zero-order valence-electron chi connectivity index (χ0n) is 8.77. The molecule has 3 rings (SSSR count). The van der Waals surface area contributed by atoms with Crippen LogP contribution in [0.2, 0.25) is 0 Å². The molecule has 1 aliphatic rings. The summed E-state index contributed by atoms with van der Waals surface area (Å²) in [5, 5.41) is 12.2. The predicted octanol–water partition coefficient (Wildman–Crippen LogP) is 1.61. The van der Waals surface area contributed by atoms with Crippen LogP contribution in [0, 0.1) is 0 Å². The van der Waals surface area contributed by atoms with Crippen molar-refractivity contribution in [2.45, 2.75) is 0 Å². The molecule has 17 heavy (non-hydrogen) atoms. The highest BCUT2D eigenvalue weighted by atomic mass is 16.3. The Morgan fingerprint density at radius 3 is 3.00 bits per heavy atom. The number of fused-ring (bicyclic) bond motifs is 1. The van der Waals surface area contributed by atoms with Gasteiger partial charge in [0.2, 0.25) is 0 Å². The Bertz CT molecular complexity index is 615. The first-order valence-corrected chi connectivity index (χ1v) is 5.10. The summed E-state index contributed by atoms with van der Waals surface area (Å²) in [4.78, 5) is 18.7. The van der Waals surface area contributed by atoms with Crippen molar-refractivity contribution in [1.82, 2.24) is 9.97 Å². The number of anilines is 1. The largest absolute Gasteiger partial charge is 0.508 e. The van der Waals surface area contributed by atoms with E-state index in [0.29, 0.717) is 22.6 Å². The van der Waals surface area contributed by atoms with E-state index in [0.717, 1.165) is 0 Å². The Hall–Kier alpha value is -2.56. The number of hydrogen-bond donors (Lipinski definition) is 3. The minimum atomic E-state index is -0.193. The van der Waals surface area contributed by atoms with Crippen LogP contribution in [-0.4, -0.2) is 21.0 Å². The van der Waals surface area contributed by atoms with E-state index in [9.17, 15) is 9.90 Å². The third-order valence-corrected chi connectivity index (χ3v) is 2.59. The van der Waals surface area contributed by atoms with E-state index in [2.05, 4.69) is 15.3 Å². The van der Waals surface area contributed by atoms with Crippen molar-refractivity contribution >= 4 is 23.2 Å². The molecule has 3 N–H and O–H groups in total. The Morgan fingerprint density at radius 1 is 1.35 bits per heavy atom. The number of carbonyl (C=O) groups is 1. The van der Waals surface area contributed by atoms with E-state index in [4.69, 9.17) is 0 Å². The van der Waals surface area contributed by atoms with E-state index < -0.39 is 0 Å². The van der Waals surface area contributed by atoms with Crippen molar-refractivity contribution in [2.24, 2.45) is 0 Å². The number of imidazole rings is 1. The number of amides is 1. The van der Waals surface area contributed by atoms with Crippen LogP contribution in [0.4, 0.5) is 5.69 Å². The lowest BCUT2D eigenvalue weighted by Gasteiger charge is -1.98. The molecule has 2 aromatic rings. The lowest BCUT2D eigenvalue weighted by molar-refractivity contribution is -0.110. The summed E-state index contributed by atoms with van der Waals surface area (Å²) in [6.07, 6.45) is 4.95. The quantitative estimate of drug-likeness (QED) is 0.511. The van der Waals surface area contributed by atoms with E-state index in [-0.39, 0.29) is 11.7 Å². The minimum Gasteiger partial charge on any atom is -0.508 e. The molecule has 0 fully saturated rings. The van der Waals surface area contributed by atoms with Crippen molar-refractivity contribution in [3.63, 3.8) is 0 Å². The monoisotopic (exact) mass is 227 g/mol. The average Bonchev–Trinajstić information content (AvgIpc) is 2.90. The maximum Gasteiger partial charge on any atom is 0.256 e. The number of phenolic OH excluding ortho intramolecular Hbond substituents is 1. The van der Waals surface area contributed by atoms with Gasteiger partial charge in [0.15, 0.2) is 0 Å². The normalized spacial score (nSPS) is 16.0. The average molecular weight is 227 g/mol. The highest BCUT2D eigenvalue weighted by molar-refractivity contribution is 6.34. The molecule has 0 aliphatic carbocycles. The maximum atomic E-state index is 11.8.